The number of benzene rings is 2. The molecule has 0 aliphatic carbocycles. The molecule has 2 aliphatic rings. The second-order valence-corrected chi connectivity index (χ2v) is 10.9. The Kier molecular flexibility index (Phi) is 5.47. The molecule has 5 rings (SSSR count). The maximum atomic E-state index is 12.9. The van der Waals surface area contributed by atoms with E-state index < -0.39 is 34.3 Å². The summed E-state index contributed by atoms with van der Waals surface area (Å²) in [5.74, 6) is -1.59. The third-order valence-electron chi connectivity index (χ3n) is 5.74. The number of rotatable bonds is 5. The minimum Gasteiger partial charge on any atom is -0.300 e. The summed E-state index contributed by atoms with van der Waals surface area (Å²) in [6, 6.07) is 11.1. The van der Waals surface area contributed by atoms with E-state index in [2.05, 4.69) is 10.3 Å². The number of imide groups is 1. The molecule has 2 aromatic carbocycles. The van der Waals surface area contributed by atoms with Gasteiger partial charge in [0.25, 0.3) is 11.8 Å². The highest BCUT2D eigenvalue weighted by molar-refractivity contribution is 7.89. The van der Waals surface area contributed by atoms with Gasteiger partial charge in [-0.15, -0.1) is 0 Å². The van der Waals surface area contributed by atoms with Crippen molar-refractivity contribution in [1.29, 1.82) is 0 Å². The number of amides is 3. The number of carbonyl (C=O) groups is 3. The number of hydrogen-bond acceptors (Lipinski definition) is 7. The molecule has 2 aliphatic heterocycles. The Labute approximate surface area is 194 Å². The second kappa shape index (κ2) is 8.32. The van der Waals surface area contributed by atoms with Gasteiger partial charge in [-0.3, -0.25) is 19.3 Å². The summed E-state index contributed by atoms with van der Waals surface area (Å²) in [6.45, 7) is 0.598. The predicted molar refractivity (Wildman–Crippen MR) is 123 cm³/mol. The summed E-state index contributed by atoms with van der Waals surface area (Å²) >= 11 is 1.13. The first-order valence-corrected chi connectivity index (χ1v) is 12.8. The molecular weight excluding hydrogens is 464 g/mol. The van der Waals surface area contributed by atoms with Crippen LogP contribution in [0.4, 0.5) is 5.13 Å². The van der Waals surface area contributed by atoms with Crippen LogP contribution >= 0.6 is 11.3 Å². The van der Waals surface area contributed by atoms with Crippen LogP contribution in [0.15, 0.2) is 47.4 Å². The maximum Gasteiger partial charge on any atom is 0.262 e. The molecule has 9 nitrogen and oxygen atoms in total. The summed E-state index contributed by atoms with van der Waals surface area (Å²) in [5, 5.41) is 2.87. The molecule has 1 fully saturated rings. The molecule has 1 aromatic heterocycles. The molecule has 3 amide bonds. The molecule has 1 N–H and O–H groups in total. The number of fused-ring (bicyclic) bond motifs is 2. The molecule has 11 heteroatoms. The lowest BCUT2D eigenvalue weighted by atomic mass is 10.1. The Morgan fingerprint density at radius 3 is 2.33 bits per heavy atom. The fraction of sp³-hybridized carbons (Fsp3) is 0.273. The quantitative estimate of drug-likeness (QED) is 0.557. The zero-order valence-corrected chi connectivity index (χ0v) is 19.1. The molecule has 0 bridgehead atoms. The Morgan fingerprint density at radius 1 is 1.00 bits per heavy atom. The van der Waals surface area contributed by atoms with Crippen molar-refractivity contribution in [3.05, 3.63) is 53.6 Å². The van der Waals surface area contributed by atoms with Gasteiger partial charge >= 0.3 is 0 Å². The molecule has 0 unspecified atom stereocenters. The third-order valence-corrected chi connectivity index (χ3v) is 8.57. The van der Waals surface area contributed by atoms with Crippen LogP contribution in [0.5, 0.6) is 0 Å². The second-order valence-electron chi connectivity index (χ2n) is 7.90. The largest absolute Gasteiger partial charge is 0.300 e. The van der Waals surface area contributed by atoms with Crippen LogP contribution in [-0.2, 0) is 14.8 Å². The number of hydrogen-bond donors (Lipinski definition) is 1. The van der Waals surface area contributed by atoms with Crippen LogP contribution < -0.4 is 5.32 Å². The van der Waals surface area contributed by atoms with Crippen molar-refractivity contribution in [3.63, 3.8) is 0 Å². The van der Waals surface area contributed by atoms with Crippen LogP contribution in [0.3, 0.4) is 0 Å². The molecule has 3 heterocycles. The van der Waals surface area contributed by atoms with E-state index in [1.54, 1.807) is 36.4 Å². The average Bonchev–Trinajstić information content (AvgIpc) is 3.33. The van der Waals surface area contributed by atoms with Crippen LogP contribution in [-0.4, -0.2) is 60.0 Å². The van der Waals surface area contributed by atoms with Gasteiger partial charge in [0.15, 0.2) is 5.13 Å². The monoisotopic (exact) mass is 484 g/mol. The van der Waals surface area contributed by atoms with Gasteiger partial charge in [0.05, 0.1) is 26.2 Å². The fourth-order valence-electron chi connectivity index (χ4n) is 4.06. The number of anilines is 1. The van der Waals surface area contributed by atoms with Crippen molar-refractivity contribution >= 4 is 54.4 Å². The van der Waals surface area contributed by atoms with Gasteiger partial charge in [0, 0.05) is 13.1 Å². The lowest BCUT2D eigenvalue weighted by Crippen LogP contribution is -2.37. The highest BCUT2D eigenvalue weighted by Gasteiger charge is 2.36. The summed E-state index contributed by atoms with van der Waals surface area (Å²) in [7, 11) is -3.58. The van der Waals surface area contributed by atoms with Gasteiger partial charge in [-0.2, -0.15) is 4.31 Å². The number of nitrogens with zero attached hydrogens (tertiary/aromatic N) is 3. The first-order chi connectivity index (χ1) is 15.8. The van der Waals surface area contributed by atoms with Gasteiger partial charge in [-0.1, -0.05) is 29.9 Å². The molecule has 33 heavy (non-hydrogen) atoms. The minimum absolute atomic E-state index is 0.199. The summed E-state index contributed by atoms with van der Waals surface area (Å²) in [4.78, 5) is 42.9. The van der Waals surface area contributed by atoms with E-state index in [9.17, 15) is 22.8 Å². The molecule has 170 valence electrons. The summed E-state index contributed by atoms with van der Waals surface area (Å²) < 4.78 is 28.0. The van der Waals surface area contributed by atoms with Crippen molar-refractivity contribution in [1.82, 2.24) is 14.2 Å². The van der Waals surface area contributed by atoms with Gasteiger partial charge < -0.3 is 5.32 Å². The summed E-state index contributed by atoms with van der Waals surface area (Å²) in [6.07, 6.45) is 2.74. The Hall–Kier alpha value is -3.15. The van der Waals surface area contributed by atoms with Gasteiger partial charge in [0.2, 0.25) is 15.9 Å². The standard InChI is InChI=1S/C22H20N4O5S2/c27-19(13-26-20(28)15-6-2-3-7-16(15)21(26)29)24-22-23-17-9-8-14(12-18(17)32-22)33(30,31)25-10-4-1-5-11-25/h2-3,6-9,12H,1,4-5,10-11,13H2,(H,23,24,27). The number of thiazole rings is 1. The average molecular weight is 485 g/mol. The topological polar surface area (TPSA) is 117 Å². The minimum atomic E-state index is -3.58. The predicted octanol–water partition coefficient (Wildman–Crippen LogP) is 2.71. The van der Waals surface area contributed by atoms with E-state index in [0.29, 0.717) is 23.3 Å². The SMILES string of the molecule is O=C(CN1C(=O)c2ccccc2C1=O)Nc1nc2ccc(S(=O)(=O)N3CCCCC3)cc2s1. The zero-order chi connectivity index (χ0) is 23.2. The zero-order valence-electron chi connectivity index (χ0n) is 17.5. The van der Waals surface area contributed by atoms with Crippen LogP contribution in [0, 0.1) is 0 Å². The van der Waals surface area contributed by atoms with E-state index in [0.717, 1.165) is 35.5 Å². The summed E-state index contributed by atoms with van der Waals surface area (Å²) in [5.41, 5.74) is 1.10. The Balaban J connectivity index is 1.31. The van der Waals surface area contributed by atoms with Crippen molar-refractivity contribution < 1.29 is 22.8 Å². The van der Waals surface area contributed by atoms with Crippen LogP contribution in [0.25, 0.3) is 10.2 Å². The number of nitrogens with one attached hydrogen (secondary N) is 1. The smallest absolute Gasteiger partial charge is 0.262 e. The number of carbonyl (C=O) groups excluding carboxylic acids is 3. The molecule has 0 spiro atoms. The van der Waals surface area contributed by atoms with E-state index in [1.165, 1.54) is 10.4 Å². The highest BCUT2D eigenvalue weighted by atomic mass is 32.2. The van der Waals surface area contributed by atoms with E-state index in [-0.39, 0.29) is 21.2 Å². The fourth-order valence-corrected chi connectivity index (χ4v) is 6.60. The highest BCUT2D eigenvalue weighted by Crippen LogP contribution is 2.30. The number of aromatic nitrogens is 1. The van der Waals surface area contributed by atoms with Gasteiger partial charge in [0.1, 0.15) is 6.54 Å². The third kappa shape index (κ3) is 3.92. The van der Waals surface area contributed by atoms with Crippen LogP contribution in [0.2, 0.25) is 0 Å². The first kappa shape index (κ1) is 21.7. The van der Waals surface area contributed by atoms with Crippen molar-refractivity contribution in [2.75, 3.05) is 25.0 Å². The van der Waals surface area contributed by atoms with E-state index in [4.69, 9.17) is 0 Å². The molecule has 3 aromatic rings. The molecule has 0 radical (unpaired) electrons. The molecule has 0 saturated carbocycles. The van der Waals surface area contributed by atoms with Crippen molar-refractivity contribution in [2.24, 2.45) is 0 Å². The van der Waals surface area contributed by atoms with Gasteiger partial charge in [-0.05, 0) is 43.2 Å². The molecule has 1 saturated heterocycles. The number of piperidine rings is 1. The normalized spacial score (nSPS) is 16.9. The Morgan fingerprint density at radius 2 is 1.67 bits per heavy atom. The molecular formula is C22H20N4O5S2. The van der Waals surface area contributed by atoms with Crippen molar-refractivity contribution in [2.45, 2.75) is 24.2 Å². The first-order valence-electron chi connectivity index (χ1n) is 10.5. The van der Waals surface area contributed by atoms with E-state index >= 15 is 0 Å². The number of sulfonamides is 1. The lowest BCUT2D eigenvalue weighted by Gasteiger charge is -2.25. The van der Waals surface area contributed by atoms with Crippen molar-refractivity contribution in [3.8, 4) is 0 Å². The Bertz CT molecular complexity index is 1360. The lowest BCUT2D eigenvalue weighted by molar-refractivity contribution is -0.116. The van der Waals surface area contributed by atoms with Gasteiger partial charge in [-0.25, -0.2) is 13.4 Å². The van der Waals surface area contributed by atoms with E-state index in [1.807, 2.05) is 0 Å². The van der Waals surface area contributed by atoms with Crippen LogP contribution in [0.1, 0.15) is 40.0 Å². The molecule has 0 atom stereocenters. The maximum absolute atomic E-state index is 12.9.